The van der Waals surface area contributed by atoms with Gasteiger partial charge in [-0.3, -0.25) is 0 Å². The van der Waals surface area contributed by atoms with E-state index in [1.54, 1.807) is 0 Å². The second-order valence-corrected chi connectivity index (χ2v) is 2.65. The predicted octanol–water partition coefficient (Wildman–Crippen LogP) is 2.72. The fraction of sp³-hybridized carbons (Fsp3) is 1.00. The number of hydrogen-bond donors (Lipinski definition) is 1. The molecule has 0 bridgehead atoms. The molecule has 0 radical (unpaired) electrons. The predicted molar refractivity (Wildman–Crippen MR) is 52.6 cm³/mol. The van der Waals surface area contributed by atoms with E-state index >= 15 is 0 Å². The van der Waals surface area contributed by atoms with Crippen LogP contribution in [0.5, 0.6) is 0 Å². The van der Waals surface area contributed by atoms with Crippen LogP contribution in [-0.4, -0.2) is 18.7 Å². The molecule has 0 aliphatic heterocycles. The fourth-order valence-corrected chi connectivity index (χ4v) is 0.824. The Labute approximate surface area is 70.0 Å². The zero-order valence-corrected chi connectivity index (χ0v) is 8.55. The van der Waals surface area contributed by atoms with Crippen molar-refractivity contribution >= 4 is 11.8 Å². The monoisotopic (exact) mass is 163 g/mol. The van der Waals surface area contributed by atoms with Gasteiger partial charge in [-0.15, -0.1) is 11.8 Å². The summed E-state index contributed by atoms with van der Waals surface area (Å²) >= 11 is 1.84. The van der Waals surface area contributed by atoms with E-state index in [0.717, 1.165) is 5.88 Å². The van der Waals surface area contributed by atoms with Crippen LogP contribution >= 0.6 is 11.8 Å². The maximum Gasteiger partial charge on any atom is 0.0415 e. The van der Waals surface area contributed by atoms with Gasteiger partial charge in [0.05, 0.1) is 0 Å². The molecule has 0 saturated carbocycles. The van der Waals surface area contributed by atoms with E-state index in [1.807, 2.05) is 25.6 Å². The first-order chi connectivity index (χ1) is 4.91. The standard InChI is InChI=1S/C6H15NS.C2H6/c1-3-4-5-7-6-8-2;1-2/h7H,3-6H2,1-2H3;1-2H3. The van der Waals surface area contributed by atoms with Crippen molar-refractivity contribution < 1.29 is 0 Å². The molecule has 10 heavy (non-hydrogen) atoms. The van der Waals surface area contributed by atoms with Gasteiger partial charge in [0.25, 0.3) is 0 Å². The summed E-state index contributed by atoms with van der Waals surface area (Å²) in [6.07, 6.45) is 4.71. The van der Waals surface area contributed by atoms with Gasteiger partial charge < -0.3 is 5.32 Å². The van der Waals surface area contributed by atoms with Crippen LogP contribution in [0.2, 0.25) is 0 Å². The average molecular weight is 163 g/mol. The minimum Gasteiger partial charge on any atom is -0.308 e. The number of unbranched alkanes of at least 4 members (excludes halogenated alkanes) is 1. The van der Waals surface area contributed by atoms with Crippen molar-refractivity contribution in [3.05, 3.63) is 0 Å². The Hall–Kier alpha value is 0.310. The highest BCUT2D eigenvalue weighted by Crippen LogP contribution is 1.87. The van der Waals surface area contributed by atoms with Crippen LogP contribution in [0.4, 0.5) is 0 Å². The van der Waals surface area contributed by atoms with Crippen LogP contribution < -0.4 is 5.32 Å². The molecular weight excluding hydrogens is 142 g/mol. The van der Waals surface area contributed by atoms with Gasteiger partial charge in [-0.1, -0.05) is 27.2 Å². The van der Waals surface area contributed by atoms with E-state index in [9.17, 15) is 0 Å². The molecule has 1 N–H and O–H groups in total. The molecule has 0 aliphatic rings. The molecule has 0 atom stereocenters. The maximum atomic E-state index is 3.30. The quantitative estimate of drug-likeness (QED) is 0.494. The molecule has 1 nitrogen and oxygen atoms in total. The molecule has 0 heterocycles. The summed E-state index contributed by atoms with van der Waals surface area (Å²) < 4.78 is 0. The van der Waals surface area contributed by atoms with E-state index in [1.165, 1.54) is 19.4 Å². The molecule has 0 fully saturated rings. The zero-order valence-electron chi connectivity index (χ0n) is 7.74. The molecule has 0 aromatic carbocycles. The number of nitrogens with one attached hydrogen (secondary N) is 1. The lowest BCUT2D eigenvalue weighted by Gasteiger charge is -1.97. The van der Waals surface area contributed by atoms with Crippen molar-refractivity contribution in [3.8, 4) is 0 Å². The van der Waals surface area contributed by atoms with Crippen LogP contribution in [0.1, 0.15) is 33.6 Å². The first-order valence-electron chi connectivity index (χ1n) is 4.11. The van der Waals surface area contributed by atoms with Gasteiger partial charge in [0.15, 0.2) is 0 Å². The summed E-state index contributed by atoms with van der Waals surface area (Å²) in [5, 5.41) is 3.30. The smallest absolute Gasteiger partial charge is 0.0415 e. The summed E-state index contributed by atoms with van der Waals surface area (Å²) in [7, 11) is 0. The van der Waals surface area contributed by atoms with Gasteiger partial charge in [-0.05, 0) is 19.2 Å². The minimum atomic E-state index is 1.10. The summed E-state index contributed by atoms with van der Waals surface area (Å²) in [6, 6.07) is 0. The van der Waals surface area contributed by atoms with E-state index < -0.39 is 0 Å². The van der Waals surface area contributed by atoms with Crippen molar-refractivity contribution in [2.45, 2.75) is 33.6 Å². The normalized spacial score (nSPS) is 8.40. The summed E-state index contributed by atoms with van der Waals surface area (Å²) in [5.41, 5.74) is 0. The molecule has 0 amide bonds. The van der Waals surface area contributed by atoms with Crippen molar-refractivity contribution in [1.29, 1.82) is 0 Å². The molecule has 64 valence electrons. The lowest BCUT2D eigenvalue weighted by atomic mass is 10.3. The Kier molecular flexibility index (Phi) is 20.9. The van der Waals surface area contributed by atoms with Gasteiger partial charge >= 0.3 is 0 Å². The second kappa shape index (κ2) is 16.1. The molecule has 0 saturated heterocycles. The van der Waals surface area contributed by atoms with Crippen molar-refractivity contribution in [3.63, 3.8) is 0 Å². The number of hydrogen-bond acceptors (Lipinski definition) is 2. The Morgan fingerprint density at radius 2 is 1.90 bits per heavy atom. The van der Waals surface area contributed by atoms with Crippen LogP contribution in [-0.2, 0) is 0 Å². The van der Waals surface area contributed by atoms with Crippen molar-refractivity contribution in [2.24, 2.45) is 0 Å². The van der Waals surface area contributed by atoms with Crippen molar-refractivity contribution in [1.82, 2.24) is 5.32 Å². The third kappa shape index (κ3) is 15.7. The van der Waals surface area contributed by atoms with Crippen LogP contribution in [0.3, 0.4) is 0 Å². The highest BCUT2D eigenvalue weighted by atomic mass is 32.2. The first-order valence-corrected chi connectivity index (χ1v) is 5.50. The molecule has 0 rings (SSSR count). The number of thioether (sulfide) groups is 1. The topological polar surface area (TPSA) is 12.0 Å². The molecular formula is C8H21NS. The maximum absolute atomic E-state index is 3.30. The molecule has 0 aromatic heterocycles. The molecule has 0 spiro atoms. The molecule has 0 aromatic rings. The average Bonchev–Trinajstić information content (AvgIpc) is 2.02. The van der Waals surface area contributed by atoms with Gasteiger partial charge in [0, 0.05) is 5.88 Å². The number of rotatable bonds is 5. The van der Waals surface area contributed by atoms with E-state index in [2.05, 4.69) is 18.5 Å². The third-order valence-electron chi connectivity index (χ3n) is 0.954. The van der Waals surface area contributed by atoms with E-state index in [4.69, 9.17) is 0 Å². The lowest BCUT2D eigenvalue weighted by molar-refractivity contribution is 0.700. The van der Waals surface area contributed by atoms with Crippen molar-refractivity contribution in [2.75, 3.05) is 18.7 Å². The first kappa shape index (κ1) is 12.9. The SMILES string of the molecule is CC.CCCCNCSC. The Morgan fingerprint density at radius 1 is 1.30 bits per heavy atom. The molecule has 2 heteroatoms. The van der Waals surface area contributed by atoms with Crippen LogP contribution in [0.25, 0.3) is 0 Å². The lowest BCUT2D eigenvalue weighted by Crippen LogP contribution is -2.13. The summed E-state index contributed by atoms with van der Waals surface area (Å²) in [4.78, 5) is 0. The van der Waals surface area contributed by atoms with E-state index in [0.29, 0.717) is 0 Å². The highest BCUT2D eigenvalue weighted by molar-refractivity contribution is 7.98. The largest absolute Gasteiger partial charge is 0.308 e. The van der Waals surface area contributed by atoms with Gasteiger partial charge in [-0.2, -0.15) is 0 Å². The molecule has 0 unspecified atom stereocenters. The summed E-state index contributed by atoms with van der Waals surface area (Å²) in [6.45, 7) is 7.39. The van der Waals surface area contributed by atoms with Crippen LogP contribution in [0.15, 0.2) is 0 Å². The Balaban J connectivity index is 0. The minimum absolute atomic E-state index is 1.10. The Bertz CT molecular complexity index is 34.2. The molecule has 0 aliphatic carbocycles. The Morgan fingerprint density at radius 3 is 2.30 bits per heavy atom. The van der Waals surface area contributed by atoms with E-state index in [-0.39, 0.29) is 0 Å². The van der Waals surface area contributed by atoms with Gasteiger partial charge in [-0.25, -0.2) is 0 Å². The van der Waals surface area contributed by atoms with Crippen LogP contribution in [0, 0.1) is 0 Å². The van der Waals surface area contributed by atoms with Gasteiger partial charge in [0.1, 0.15) is 0 Å². The highest BCUT2D eigenvalue weighted by Gasteiger charge is 1.80. The fourth-order valence-electron chi connectivity index (χ4n) is 0.476. The van der Waals surface area contributed by atoms with Gasteiger partial charge in [0.2, 0.25) is 0 Å². The summed E-state index contributed by atoms with van der Waals surface area (Å²) in [5.74, 6) is 1.10. The zero-order chi connectivity index (χ0) is 8.24. The second-order valence-electron chi connectivity index (χ2n) is 1.79. The third-order valence-corrected chi connectivity index (χ3v) is 1.45.